The predicted octanol–water partition coefficient (Wildman–Crippen LogP) is 2.44. The number of benzene rings is 2. The van der Waals surface area contributed by atoms with E-state index in [0.29, 0.717) is 11.1 Å². The molecule has 0 unspecified atom stereocenters. The molecular weight excluding hydrogens is 312 g/mol. The molecule has 0 aliphatic carbocycles. The largest absolute Gasteiger partial charge is 0.508 e. The highest BCUT2D eigenvalue weighted by Crippen LogP contribution is 2.17. The van der Waals surface area contributed by atoms with E-state index in [-0.39, 0.29) is 24.7 Å². The summed E-state index contributed by atoms with van der Waals surface area (Å²) in [5, 5.41) is 19.1. The molecule has 0 amide bonds. The van der Waals surface area contributed by atoms with E-state index >= 15 is 0 Å². The maximum atomic E-state index is 11.5. The molecule has 0 heterocycles. The predicted molar refractivity (Wildman–Crippen MR) is 84.9 cm³/mol. The Hall–Kier alpha value is -3.28. The number of phenolic OH excluding ortho intramolecular Hbond substituents is 2. The summed E-state index contributed by atoms with van der Waals surface area (Å²) in [6.07, 6.45) is 1.88. The molecule has 24 heavy (non-hydrogen) atoms. The van der Waals surface area contributed by atoms with E-state index in [0.717, 1.165) is 12.2 Å². The summed E-state index contributed by atoms with van der Waals surface area (Å²) in [6, 6.07) is 12.9. The van der Waals surface area contributed by atoms with E-state index in [9.17, 15) is 19.8 Å². The number of rotatable bonds is 6. The van der Waals surface area contributed by atoms with Crippen molar-refractivity contribution in [3.8, 4) is 11.5 Å². The van der Waals surface area contributed by atoms with Gasteiger partial charge in [0.15, 0.2) is 0 Å². The third kappa shape index (κ3) is 5.17. The van der Waals surface area contributed by atoms with Crippen molar-refractivity contribution in [3.63, 3.8) is 0 Å². The van der Waals surface area contributed by atoms with Gasteiger partial charge in [-0.3, -0.25) is 0 Å². The number of hydrogen-bond acceptors (Lipinski definition) is 6. The second-order valence-electron chi connectivity index (χ2n) is 4.81. The molecule has 124 valence electrons. The van der Waals surface area contributed by atoms with E-state index in [2.05, 4.69) is 0 Å². The Morgan fingerprint density at radius 3 is 1.50 bits per heavy atom. The molecule has 0 saturated carbocycles. The molecule has 0 bridgehead atoms. The minimum atomic E-state index is -0.738. The van der Waals surface area contributed by atoms with Crippen molar-refractivity contribution in [2.24, 2.45) is 0 Å². The molecule has 2 N–H and O–H groups in total. The first-order valence-corrected chi connectivity index (χ1v) is 7.11. The molecule has 2 aromatic carbocycles. The maximum absolute atomic E-state index is 11.5. The molecule has 0 aliphatic rings. The number of hydrogen-bond donors (Lipinski definition) is 2. The lowest BCUT2D eigenvalue weighted by Gasteiger charge is -2.05. The van der Waals surface area contributed by atoms with Crippen LogP contribution < -0.4 is 0 Å². The summed E-state index contributed by atoms with van der Waals surface area (Å²) in [5.74, 6) is -1.43. The Balaban J connectivity index is 1.78. The summed E-state index contributed by atoms with van der Waals surface area (Å²) in [7, 11) is 0. The molecule has 0 fully saturated rings. The Kier molecular flexibility index (Phi) is 5.96. The molecular formula is C18H16O6. The van der Waals surface area contributed by atoms with Crippen LogP contribution in [0.15, 0.2) is 60.7 Å². The van der Waals surface area contributed by atoms with Crippen LogP contribution in [0.25, 0.3) is 0 Å². The quantitative estimate of drug-likeness (QED) is 0.625. The van der Waals surface area contributed by atoms with Crippen LogP contribution in [0.3, 0.4) is 0 Å². The number of phenols is 2. The van der Waals surface area contributed by atoms with Crippen LogP contribution in [0.5, 0.6) is 11.5 Å². The van der Waals surface area contributed by atoms with Crippen LogP contribution in [0.2, 0.25) is 0 Å². The van der Waals surface area contributed by atoms with Crippen molar-refractivity contribution in [1.29, 1.82) is 0 Å². The number of carbonyl (C=O) groups excluding carboxylic acids is 2. The van der Waals surface area contributed by atoms with Gasteiger partial charge in [0.05, 0.1) is 0 Å². The molecule has 0 radical (unpaired) electrons. The Morgan fingerprint density at radius 2 is 1.12 bits per heavy atom. The summed E-state index contributed by atoms with van der Waals surface area (Å²) >= 11 is 0. The van der Waals surface area contributed by atoms with Gasteiger partial charge in [-0.1, -0.05) is 36.4 Å². The van der Waals surface area contributed by atoms with E-state index in [1.54, 1.807) is 36.4 Å². The zero-order chi connectivity index (χ0) is 17.4. The molecule has 6 nitrogen and oxygen atoms in total. The lowest BCUT2D eigenvalue weighted by atomic mass is 10.2. The van der Waals surface area contributed by atoms with Gasteiger partial charge in [0, 0.05) is 23.3 Å². The summed E-state index contributed by atoms with van der Waals surface area (Å²) in [6.45, 7) is -0.217. The molecule has 0 aromatic heterocycles. The summed E-state index contributed by atoms with van der Waals surface area (Å²) in [5.41, 5.74) is 0.919. The number of carbonyl (C=O) groups is 2. The smallest absolute Gasteiger partial charge is 0.331 e. The van der Waals surface area contributed by atoms with Gasteiger partial charge in [0.25, 0.3) is 0 Å². The second-order valence-corrected chi connectivity index (χ2v) is 4.81. The normalized spacial score (nSPS) is 10.5. The van der Waals surface area contributed by atoms with E-state index < -0.39 is 11.9 Å². The summed E-state index contributed by atoms with van der Waals surface area (Å²) in [4.78, 5) is 23.0. The van der Waals surface area contributed by atoms with E-state index in [1.165, 1.54) is 12.1 Å². The average Bonchev–Trinajstić information content (AvgIpc) is 2.58. The van der Waals surface area contributed by atoms with Gasteiger partial charge in [-0.2, -0.15) is 0 Å². The SMILES string of the molecule is O=C(/C=C/C(=O)OCc1ccccc1O)OCc1ccccc1O. The number of esters is 2. The Bertz CT molecular complexity index is 687. The van der Waals surface area contributed by atoms with Gasteiger partial charge in [-0.15, -0.1) is 0 Å². The monoisotopic (exact) mass is 328 g/mol. The zero-order valence-electron chi connectivity index (χ0n) is 12.7. The molecule has 0 atom stereocenters. The van der Waals surface area contributed by atoms with E-state index in [4.69, 9.17) is 9.47 Å². The third-order valence-corrected chi connectivity index (χ3v) is 3.08. The van der Waals surface area contributed by atoms with Gasteiger partial charge in [-0.05, 0) is 12.1 Å². The fraction of sp³-hybridized carbons (Fsp3) is 0.111. The van der Waals surface area contributed by atoms with Crippen molar-refractivity contribution in [1.82, 2.24) is 0 Å². The standard InChI is InChI=1S/C18H16O6/c19-15-7-3-1-5-13(15)11-23-17(21)9-10-18(22)24-12-14-6-2-4-8-16(14)20/h1-10,19-20H,11-12H2/b10-9+. The van der Waals surface area contributed by atoms with Crippen LogP contribution in [-0.4, -0.2) is 22.2 Å². The molecule has 6 heteroatoms. The lowest BCUT2D eigenvalue weighted by molar-refractivity contribution is -0.141. The minimum absolute atomic E-state index is 0.0244. The van der Waals surface area contributed by atoms with Crippen molar-refractivity contribution in [2.45, 2.75) is 13.2 Å². The van der Waals surface area contributed by atoms with Crippen LogP contribution in [0, 0.1) is 0 Å². The fourth-order valence-electron chi connectivity index (χ4n) is 1.80. The third-order valence-electron chi connectivity index (χ3n) is 3.08. The van der Waals surface area contributed by atoms with Gasteiger partial charge in [0.2, 0.25) is 0 Å². The van der Waals surface area contributed by atoms with Gasteiger partial charge in [0.1, 0.15) is 24.7 Å². The van der Waals surface area contributed by atoms with Crippen molar-refractivity contribution in [2.75, 3.05) is 0 Å². The van der Waals surface area contributed by atoms with Crippen molar-refractivity contribution < 1.29 is 29.3 Å². The number of aromatic hydroxyl groups is 2. The van der Waals surface area contributed by atoms with Crippen molar-refractivity contribution in [3.05, 3.63) is 71.8 Å². The topological polar surface area (TPSA) is 93.1 Å². The average molecular weight is 328 g/mol. The number of para-hydroxylation sites is 2. The highest BCUT2D eigenvalue weighted by molar-refractivity contribution is 5.91. The second kappa shape index (κ2) is 8.38. The van der Waals surface area contributed by atoms with Crippen molar-refractivity contribution >= 4 is 11.9 Å². The molecule has 0 saturated heterocycles. The lowest BCUT2D eigenvalue weighted by Crippen LogP contribution is -2.05. The van der Waals surface area contributed by atoms with E-state index in [1.807, 2.05) is 0 Å². The Morgan fingerprint density at radius 1 is 0.750 bits per heavy atom. The molecule has 2 rings (SSSR count). The number of ether oxygens (including phenoxy) is 2. The molecule has 0 spiro atoms. The minimum Gasteiger partial charge on any atom is -0.508 e. The first kappa shape index (κ1) is 17.1. The first-order valence-electron chi connectivity index (χ1n) is 7.11. The molecule has 0 aliphatic heterocycles. The summed E-state index contributed by atoms with van der Waals surface area (Å²) < 4.78 is 9.82. The van der Waals surface area contributed by atoms with Crippen LogP contribution in [0.4, 0.5) is 0 Å². The highest BCUT2D eigenvalue weighted by Gasteiger charge is 2.06. The highest BCUT2D eigenvalue weighted by atomic mass is 16.5. The fourth-order valence-corrected chi connectivity index (χ4v) is 1.80. The molecule has 2 aromatic rings. The van der Waals surface area contributed by atoms with Gasteiger partial charge in [-0.25, -0.2) is 9.59 Å². The van der Waals surface area contributed by atoms with Crippen LogP contribution >= 0.6 is 0 Å². The maximum Gasteiger partial charge on any atom is 0.331 e. The zero-order valence-corrected chi connectivity index (χ0v) is 12.7. The van der Waals surface area contributed by atoms with Gasteiger partial charge < -0.3 is 19.7 Å². The van der Waals surface area contributed by atoms with Crippen LogP contribution in [0.1, 0.15) is 11.1 Å². The van der Waals surface area contributed by atoms with Gasteiger partial charge >= 0.3 is 11.9 Å². The van der Waals surface area contributed by atoms with Crippen LogP contribution in [-0.2, 0) is 32.3 Å². The first-order chi connectivity index (χ1) is 11.6. The Labute approximate surface area is 138 Å².